The van der Waals surface area contributed by atoms with E-state index in [2.05, 4.69) is 16.0 Å². The molecular weight excluding hydrogens is 394 g/mol. The average molecular weight is 420 g/mol. The van der Waals surface area contributed by atoms with Crippen molar-refractivity contribution in [2.45, 2.75) is 12.5 Å². The molecule has 8 heteroatoms. The lowest BCUT2D eigenvalue weighted by molar-refractivity contribution is -0.122. The van der Waals surface area contributed by atoms with Crippen LogP contribution in [0.4, 0.5) is 5.69 Å². The van der Waals surface area contributed by atoms with Gasteiger partial charge in [0.15, 0.2) is 6.10 Å². The van der Waals surface area contributed by atoms with Gasteiger partial charge in [-0.15, -0.1) is 12.4 Å². The van der Waals surface area contributed by atoms with Crippen LogP contribution in [0.5, 0.6) is 5.75 Å². The topological polar surface area (TPSA) is 88.7 Å². The molecule has 0 aliphatic carbocycles. The van der Waals surface area contributed by atoms with Gasteiger partial charge in [-0.2, -0.15) is 0 Å². The van der Waals surface area contributed by atoms with Crippen LogP contribution in [0.25, 0.3) is 0 Å². The summed E-state index contributed by atoms with van der Waals surface area (Å²) in [6.07, 6.45) is -0.0220. The molecule has 1 heterocycles. The van der Waals surface area contributed by atoms with E-state index in [9.17, 15) is 9.59 Å². The fourth-order valence-corrected chi connectivity index (χ4v) is 2.95. The Hall–Kier alpha value is -2.61. The molecule has 7 nitrogen and oxygen atoms in total. The van der Waals surface area contributed by atoms with E-state index in [1.165, 1.54) is 0 Å². The predicted molar refractivity (Wildman–Crippen MR) is 114 cm³/mol. The van der Waals surface area contributed by atoms with E-state index in [0.29, 0.717) is 37.4 Å². The fourth-order valence-electron chi connectivity index (χ4n) is 2.95. The minimum Gasteiger partial charge on any atom is -0.480 e. The third-order valence-electron chi connectivity index (χ3n) is 4.40. The summed E-state index contributed by atoms with van der Waals surface area (Å²) < 4.78 is 10.7. The zero-order chi connectivity index (χ0) is 19.8. The van der Waals surface area contributed by atoms with Crippen molar-refractivity contribution in [3.05, 3.63) is 59.7 Å². The van der Waals surface area contributed by atoms with E-state index in [1.54, 1.807) is 31.4 Å². The summed E-state index contributed by atoms with van der Waals surface area (Å²) in [6.45, 7) is 2.53. The first kappa shape index (κ1) is 22.7. The van der Waals surface area contributed by atoms with Crippen LogP contribution in [-0.2, 0) is 16.0 Å². The number of benzene rings is 2. The Kier molecular flexibility index (Phi) is 8.92. The maximum Gasteiger partial charge on any atom is 0.265 e. The van der Waals surface area contributed by atoms with Gasteiger partial charge in [0.05, 0.1) is 6.61 Å². The van der Waals surface area contributed by atoms with Crippen molar-refractivity contribution in [3.8, 4) is 5.75 Å². The Bertz CT molecular complexity index is 806. The first-order valence-electron chi connectivity index (χ1n) is 9.30. The lowest BCUT2D eigenvalue weighted by atomic mass is 10.1. The second kappa shape index (κ2) is 11.4. The fraction of sp³-hybridized carbons (Fsp3) is 0.333. The summed E-state index contributed by atoms with van der Waals surface area (Å²) in [7, 11) is 1.65. The number of ether oxygens (including phenoxy) is 2. The van der Waals surface area contributed by atoms with Gasteiger partial charge in [-0.25, -0.2) is 0 Å². The molecule has 0 spiro atoms. The standard InChI is InChI=1S/C21H25N3O4.ClH/c1-27-12-11-22-9-10-23-20(25)16-6-4-7-17(13-16)24-21(26)19-14-15-5-2-3-8-18(15)28-19;/h2-8,13,19,22H,9-12,14H2,1H3,(H,23,25)(H,24,26);1H. The summed E-state index contributed by atoms with van der Waals surface area (Å²) in [5, 5.41) is 8.84. The molecule has 2 aromatic carbocycles. The minimum atomic E-state index is -0.562. The van der Waals surface area contributed by atoms with Gasteiger partial charge in [0.2, 0.25) is 0 Å². The molecule has 29 heavy (non-hydrogen) atoms. The van der Waals surface area contributed by atoms with Gasteiger partial charge in [0.1, 0.15) is 5.75 Å². The van der Waals surface area contributed by atoms with E-state index in [1.807, 2.05) is 24.3 Å². The number of carbonyl (C=O) groups is 2. The summed E-state index contributed by atoms with van der Waals surface area (Å²) in [5.41, 5.74) is 2.08. The van der Waals surface area contributed by atoms with Gasteiger partial charge >= 0.3 is 0 Å². The van der Waals surface area contributed by atoms with Gasteiger partial charge in [-0.05, 0) is 29.8 Å². The molecule has 0 radical (unpaired) electrons. The number of carbonyl (C=O) groups excluding carboxylic acids is 2. The first-order chi connectivity index (χ1) is 13.7. The summed E-state index contributed by atoms with van der Waals surface area (Å²) >= 11 is 0. The molecule has 2 amide bonds. The molecule has 1 aliphatic heterocycles. The number of halogens is 1. The minimum absolute atomic E-state index is 0. The van der Waals surface area contributed by atoms with Crippen LogP contribution < -0.4 is 20.7 Å². The van der Waals surface area contributed by atoms with Gasteiger partial charge in [0.25, 0.3) is 11.8 Å². The molecule has 0 bridgehead atoms. The average Bonchev–Trinajstić information content (AvgIpc) is 3.15. The number of anilines is 1. The lowest BCUT2D eigenvalue weighted by Crippen LogP contribution is -2.33. The number of rotatable bonds is 9. The Morgan fingerprint density at radius 2 is 1.93 bits per heavy atom. The SMILES string of the molecule is COCCNCCNC(=O)c1cccc(NC(=O)C2Cc3ccccc3O2)c1.Cl. The number of hydrogen-bond acceptors (Lipinski definition) is 5. The third-order valence-corrected chi connectivity index (χ3v) is 4.40. The third kappa shape index (κ3) is 6.45. The molecule has 0 fully saturated rings. The Labute approximate surface area is 176 Å². The Morgan fingerprint density at radius 1 is 1.10 bits per heavy atom. The van der Waals surface area contributed by atoms with Gasteiger partial charge in [-0.1, -0.05) is 24.3 Å². The second-order valence-corrected chi connectivity index (χ2v) is 6.49. The molecule has 0 saturated carbocycles. The van der Waals surface area contributed by atoms with E-state index >= 15 is 0 Å². The quantitative estimate of drug-likeness (QED) is 0.541. The summed E-state index contributed by atoms with van der Waals surface area (Å²) in [4.78, 5) is 24.8. The van der Waals surface area contributed by atoms with Crippen LogP contribution in [0.15, 0.2) is 48.5 Å². The van der Waals surface area contributed by atoms with Crippen LogP contribution in [0, 0.1) is 0 Å². The van der Waals surface area contributed by atoms with E-state index in [0.717, 1.165) is 17.9 Å². The first-order valence-corrected chi connectivity index (χ1v) is 9.30. The van der Waals surface area contributed by atoms with Gasteiger partial charge in [-0.3, -0.25) is 9.59 Å². The van der Waals surface area contributed by atoms with E-state index in [4.69, 9.17) is 9.47 Å². The molecule has 3 rings (SSSR count). The van der Waals surface area contributed by atoms with Crippen LogP contribution >= 0.6 is 12.4 Å². The van der Waals surface area contributed by atoms with Crippen molar-refractivity contribution < 1.29 is 19.1 Å². The van der Waals surface area contributed by atoms with Crippen molar-refractivity contribution in [2.75, 3.05) is 38.7 Å². The van der Waals surface area contributed by atoms with Crippen LogP contribution in [0.3, 0.4) is 0 Å². The Balaban J connectivity index is 0.00000300. The predicted octanol–water partition coefficient (Wildman–Crippen LogP) is 2.02. The number of fused-ring (bicyclic) bond motifs is 1. The normalized spacial score (nSPS) is 14.3. The van der Waals surface area contributed by atoms with E-state index in [-0.39, 0.29) is 24.2 Å². The molecule has 156 valence electrons. The van der Waals surface area contributed by atoms with Crippen molar-refractivity contribution in [3.63, 3.8) is 0 Å². The molecule has 0 saturated heterocycles. The van der Waals surface area contributed by atoms with Crippen molar-refractivity contribution in [2.24, 2.45) is 0 Å². The molecule has 1 unspecified atom stereocenters. The van der Waals surface area contributed by atoms with Crippen LogP contribution in [0.2, 0.25) is 0 Å². The largest absolute Gasteiger partial charge is 0.480 e. The number of hydrogen-bond donors (Lipinski definition) is 3. The monoisotopic (exact) mass is 419 g/mol. The zero-order valence-corrected chi connectivity index (χ0v) is 17.1. The van der Waals surface area contributed by atoms with Crippen LogP contribution in [-0.4, -0.2) is 51.3 Å². The highest BCUT2D eigenvalue weighted by atomic mass is 35.5. The molecular formula is C21H26ClN3O4. The summed E-state index contributed by atoms with van der Waals surface area (Å²) in [5.74, 6) is 0.333. The van der Waals surface area contributed by atoms with Gasteiger partial charge < -0.3 is 25.4 Å². The highest BCUT2D eigenvalue weighted by Gasteiger charge is 2.28. The van der Waals surface area contributed by atoms with Gasteiger partial charge in [0, 0.05) is 44.4 Å². The zero-order valence-electron chi connectivity index (χ0n) is 16.3. The van der Waals surface area contributed by atoms with E-state index < -0.39 is 6.10 Å². The lowest BCUT2D eigenvalue weighted by Gasteiger charge is -2.12. The maximum absolute atomic E-state index is 12.5. The number of amides is 2. The highest BCUT2D eigenvalue weighted by molar-refractivity contribution is 5.98. The molecule has 1 atom stereocenters. The smallest absolute Gasteiger partial charge is 0.265 e. The second-order valence-electron chi connectivity index (χ2n) is 6.49. The molecule has 1 aliphatic rings. The molecule has 3 N–H and O–H groups in total. The Morgan fingerprint density at radius 3 is 2.72 bits per heavy atom. The van der Waals surface area contributed by atoms with Crippen molar-refractivity contribution in [1.82, 2.24) is 10.6 Å². The number of methoxy groups -OCH3 is 1. The van der Waals surface area contributed by atoms with Crippen molar-refractivity contribution >= 4 is 29.9 Å². The summed E-state index contributed by atoms with van der Waals surface area (Å²) in [6, 6.07) is 14.5. The number of para-hydroxylation sites is 1. The number of nitrogens with one attached hydrogen (secondary N) is 3. The molecule has 0 aromatic heterocycles. The van der Waals surface area contributed by atoms with Crippen LogP contribution in [0.1, 0.15) is 15.9 Å². The maximum atomic E-state index is 12.5. The highest BCUT2D eigenvalue weighted by Crippen LogP contribution is 2.28. The molecule has 2 aromatic rings. The van der Waals surface area contributed by atoms with Crippen molar-refractivity contribution in [1.29, 1.82) is 0 Å².